The standard InChI is InChI=1S/C14H26N2O6S2/c1-14(2,23(3,18)19)13(17)15-6-4-5-12(11-15)24(20,21)16-7-9-22-10-8-16/h12H,4-11H2,1-3H3. The van der Waals surface area contributed by atoms with Crippen LogP contribution in [0.4, 0.5) is 0 Å². The SMILES string of the molecule is CC(C)(C(=O)N1CCCC(S(=O)(=O)N2CCOCC2)C1)S(C)(=O)=O. The number of hydrogen-bond donors (Lipinski definition) is 0. The lowest BCUT2D eigenvalue weighted by atomic mass is 10.1. The molecule has 0 aromatic heterocycles. The van der Waals surface area contributed by atoms with E-state index in [1.807, 2.05) is 0 Å². The van der Waals surface area contributed by atoms with Gasteiger partial charge in [-0.15, -0.1) is 0 Å². The van der Waals surface area contributed by atoms with E-state index in [1.54, 1.807) is 0 Å². The Morgan fingerprint density at radius 1 is 1.08 bits per heavy atom. The maximum atomic E-state index is 12.8. The molecule has 140 valence electrons. The summed E-state index contributed by atoms with van der Waals surface area (Å²) in [4.78, 5) is 14.0. The van der Waals surface area contributed by atoms with Crippen molar-refractivity contribution in [1.82, 2.24) is 9.21 Å². The molecular weight excluding hydrogens is 356 g/mol. The minimum Gasteiger partial charge on any atom is -0.379 e. The number of sulfonamides is 1. The van der Waals surface area contributed by atoms with E-state index in [4.69, 9.17) is 4.74 Å². The summed E-state index contributed by atoms with van der Waals surface area (Å²) in [6.07, 6.45) is 2.04. The van der Waals surface area contributed by atoms with E-state index in [2.05, 4.69) is 0 Å². The lowest BCUT2D eigenvalue weighted by Gasteiger charge is -2.38. The number of amides is 1. The second-order valence-corrected chi connectivity index (χ2v) is 11.6. The second kappa shape index (κ2) is 6.89. The molecule has 0 aromatic rings. The molecule has 8 nitrogen and oxygen atoms in total. The summed E-state index contributed by atoms with van der Waals surface area (Å²) < 4.78 is 54.3. The number of sulfone groups is 1. The van der Waals surface area contributed by atoms with Gasteiger partial charge in [0.25, 0.3) is 0 Å². The molecule has 0 aromatic carbocycles. The molecule has 2 rings (SSSR count). The van der Waals surface area contributed by atoms with Crippen LogP contribution in [0.15, 0.2) is 0 Å². The van der Waals surface area contributed by atoms with Crippen LogP contribution in [0.1, 0.15) is 26.7 Å². The molecule has 0 saturated carbocycles. The van der Waals surface area contributed by atoms with Gasteiger partial charge in [0.2, 0.25) is 15.9 Å². The fraction of sp³-hybridized carbons (Fsp3) is 0.929. The average Bonchev–Trinajstić information content (AvgIpc) is 2.54. The van der Waals surface area contributed by atoms with Gasteiger partial charge in [-0.2, -0.15) is 4.31 Å². The van der Waals surface area contributed by atoms with Crippen molar-refractivity contribution in [1.29, 1.82) is 0 Å². The van der Waals surface area contributed by atoms with Crippen molar-refractivity contribution in [2.24, 2.45) is 0 Å². The molecular formula is C14H26N2O6S2. The Kier molecular flexibility index (Phi) is 5.63. The van der Waals surface area contributed by atoms with Crippen LogP contribution in [0, 0.1) is 0 Å². The van der Waals surface area contributed by atoms with Gasteiger partial charge in [0.15, 0.2) is 9.84 Å². The third-order valence-electron chi connectivity index (χ3n) is 4.86. The van der Waals surface area contributed by atoms with E-state index >= 15 is 0 Å². The smallest absolute Gasteiger partial charge is 0.243 e. The molecule has 0 spiro atoms. The topological polar surface area (TPSA) is 101 Å². The monoisotopic (exact) mass is 382 g/mol. The number of ether oxygens (including phenoxy) is 1. The van der Waals surface area contributed by atoms with Crippen molar-refractivity contribution in [3.05, 3.63) is 0 Å². The number of carbonyl (C=O) groups is 1. The number of likely N-dealkylation sites (tertiary alicyclic amines) is 1. The quantitative estimate of drug-likeness (QED) is 0.647. The molecule has 2 fully saturated rings. The predicted octanol–water partition coefficient (Wildman–Crippen LogP) is -0.537. The van der Waals surface area contributed by atoms with Gasteiger partial charge >= 0.3 is 0 Å². The van der Waals surface area contributed by atoms with Crippen LogP contribution in [-0.4, -0.2) is 87.6 Å². The Morgan fingerprint density at radius 2 is 1.67 bits per heavy atom. The minimum atomic E-state index is -3.59. The minimum absolute atomic E-state index is 0.0392. The van der Waals surface area contributed by atoms with Gasteiger partial charge in [0, 0.05) is 32.4 Å². The highest BCUT2D eigenvalue weighted by Gasteiger charge is 2.44. The largest absolute Gasteiger partial charge is 0.379 e. The van der Waals surface area contributed by atoms with E-state index < -0.39 is 35.8 Å². The molecule has 1 unspecified atom stereocenters. The molecule has 1 amide bonds. The predicted molar refractivity (Wildman–Crippen MR) is 89.8 cm³/mol. The van der Waals surface area contributed by atoms with Crippen molar-refractivity contribution in [2.45, 2.75) is 36.7 Å². The van der Waals surface area contributed by atoms with Gasteiger partial charge in [-0.05, 0) is 26.7 Å². The zero-order valence-corrected chi connectivity index (χ0v) is 16.0. The number of hydrogen-bond acceptors (Lipinski definition) is 6. The molecule has 2 saturated heterocycles. The number of rotatable bonds is 4. The lowest BCUT2D eigenvalue weighted by molar-refractivity contribution is -0.133. The normalized spacial score (nSPS) is 24.8. The van der Waals surface area contributed by atoms with Gasteiger partial charge in [0.1, 0.15) is 4.75 Å². The van der Waals surface area contributed by atoms with Crippen LogP contribution < -0.4 is 0 Å². The second-order valence-electron chi connectivity index (χ2n) is 6.85. The first kappa shape index (κ1) is 19.6. The zero-order chi connectivity index (χ0) is 18.2. The Balaban J connectivity index is 2.15. The van der Waals surface area contributed by atoms with Crippen molar-refractivity contribution in [2.75, 3.05) is 45.6 Å². The first-order valence-corrected chi connectivity index (χ1v) is 11.4. The van der Waals surface area contributed by atoms with Crippen molar-refractivity contribution in [3.63, 3.8) is 0 Å². The van der Waals surface area contributed by atoms with Crippen LogP contribution >= 0.6 is 0 Å². The summed E-state index contributed by atoms with van der Waals surface area (Å²) in [6.45, 7) is 4.54. The van der Waals surface area contributed by atoms with Gasteiger partial charge in [-0.3, -0.25) is 4.79 Å². The van der Waals surface area contributed by atoms with Gasteiger partial charge in [0.05, 0.1) is 18.5 Å². The molecule has 10 heteroatoms. The highest BCUT2D eigenvalue weighted by atomic mass is 32.2. The summed E-state index contributed by atoms with van der Waals surface area (Å²) in [7, 11) is -7.11. The van der Waals surface area contributed by atoms with Crippen molar-refractivity contribution < 1.29 is 26.4 Å². The summed E-state index contributed by atoms with van der Waals surface area (Å²) >= 11 is 0. The van der Waals surface area contributed by atoms with E-state index in [-0.39, 0.29) is 6.54 Å². The van der Waals surface area contributed by atoms with Crippen LogP contribution in [0.5, 0.6) is 0 Å². The Bertz CT molecular complexity index is 680. The molecule has 2 aliphatic heterocycles. The first-order chi connectivity index (χ1) is 11.0. The Morgan fingerprint density at radius 3 is 2.21 bits per heavy atom. The van der Waals surface area contributed by atoms with E-state index in [1.165, 1.54) is 23.1 Å². The first-order valence-electron chi connectivity index (χ1n) is 8.03. The molecule has 0 bridgehead atoms. The fourth-order valence-corrected chi connectivity index (χ4v) is 5.28. The number of nitrogens with zero attached hydrogens (tertiary/aromatic N) is 2. The number of carbonyl (C=O) groups excluding carboxylic acids is 1. The molecule has 0 radical (unpaired) electrons. The average molecular weight is 383 g/mol. The zero-order valence-electron chi connectivity index (χ0n) is 14.4. The molecule has 1 atom stereocenters. The van der Waals surface area contributed by atoms with Gasteiger partial charge < -0.3 is 9.64 Å². The maximum absolute atomic E-state index is 12.8. The lowest BCUT2D eigenvalue weighted by Crippen LogP contribution is -2.56. The van der Waals surface area contributed by atoms with Crippen LogP contribution in [0.25, 0.3) is 0 Å². The van der Waals surface area contributed by atoms with Crippen molar-refractivity contribution in [3.8, 4) is 0 Å². The Hall–Kier alpha value is -0.710. The highest BCUT2D eigenvalue weighted by Crippen LogP contribution is 2.25. The maximum Gasteiger partial charge on any atom is 0.243 e. The summed E-state index contributed by atoms with van der Waals surface area (Å²) in [5.41, 5.74) is 0. The van der Waals surface area contributed by atoms with Crippen molar-refractivity contribution >= 4 is 25.8 Å². The van der Waals surface area contributed by atoms with E-state index in [0.717, 1.165) is 6.26 Å². The highest BCUT2D eigenvalue weighted by molar-refractivity contribution is 7.92. The van der Waals surface area contributed by atoms with E-state index in [9.17, 15) is 21.6 Å². The molecule has 2 heterocycles. The molecule has 0 N–H and O–H groups in total. The molecule has 2 aliphatic rings. The molecule has 0 aliphatic carbocycles. The fourth-order valence-electron chi connectivity index (χ4n) is 2.92. The van der Waals surface area contributed by atoms with E-state index in [0.29, 0.717) is 45.7 Å². The third-order valence-corrected chi connectivity index (χ3v) is 9.20. The van der Waals surface area contributed by atoms with Crippen LogP contribution in [0.2, 0.25) is 0 Å². The summed E-state index contributed by atoms with van der Waals surface area (Å²) in [5.74, 6) is -0.535. The number of piperidine rings is 1. The molecule has 24 heavy (non-hydrogen) atoms. The third kappa shape index (κ3) is 3.76. The number of morpholine rings is 1. The summed E-state index contributed by atoms with van der Waals surface area (Å²) in [6, 6.07) is 0. The summed E-state index contributed by atoms with van der Waals surface area (Å²) in [5, 5.41) is -0.691. The van der Waals surface area contributed by atoms with Crippen LogP contribution in [0.3, 0.4) is 0 Å². The van der Waals surface area contributed by atoms with Crippen LogP contribution in [-0.2, 0) is 29.4 Å². The Labute approximate surface area is 144 Å². The van der Waals surface area contributed by atoms with Gasteiger partial charge in [-0.1, -0.05) is 0 Å². The van der Waals surface area contributed by atoms with Gasteiger partial charge in [-0.25, -0.2) is 16.8 Å².